The molecule has 0 bridgehead atoms. The molecule has 0 radical (unpaired) electrons. The van der Waals surface area contributed by atoms with Crippen molar-refractivity contribution in [3.63, 3.8) is 0 Å². The van der Waals surface area contributed by atoms with Gasteiger partial charge in [0.15, 0.2) is 0 Å². The van der Waals surface area contributed by atoms with E-state index in [1.807, 2.05) is 6.92 Å². The zero-order valence-corrected chi connectivity index (χ0v) is 13.2. The van der Waals surface area contributed by atoms with E-state index in [1.54, 1.807) is 0 Å². The quantitative estimate of drug-likeness (QED) is 0.663. The maximum Gasteiger partial charge on any atom is 0.0977 e. The fraction of sp³-hybridized carbons (Fsp3) is 0.444. The second kappa shape index (κ2) is 7.78. The van der Waals surface area contributed by atoms with Crippen LogP contribution in [-0.4, -0.2) is 6.61 Å². The fourth-order valence-corrected chi connectivity index (χ4v) is 2.13. The first kappa shape index (κ1) is 16.4. The average molecular weight is 273 g/mol. The lowest BCUT2D eigenvalue weighted by Crippen LogP contribution is -2.17. The topological polar surface area (TPSA) is 21.3 Å². The highest BCUT2D eigenvalue weighted by molar-refractivity contribution is 5.49. The SMILES string of the molecule is C=C(Nc1ccc(C)cc1)C(CC(C)C)C(=C)OCC. The van der Waals surface area contributed by atoms with Gasteiger partial charge in [-0.2, -0.15) is 0 Å². The van der Waals surface area contributed by atoms with Crippen LogP contribution in [0.2, 0.25) is 0 Å². The Kier molecular flexibility index (Phi) is 6.37. The van der Waals surface area contributed by atoms with E-state index in [-0.39, 0.29) is 5.92 Å². The summed E-state index contributed by atoms with van der Waals surface area (Å²) in [4.78, 5) is 0. The van der Waals surface area contributed by atoms with Crippen molar-refractivity contribution in [3.8, 4) is 0 Å². The van der Waals surface area contributed by atoms with Crippen molar-refractivity contribution in [1.29, 1.82) is 0 Å². The molecule has 1 rings (SSSR count). The van der Waals surface area contributed by atoms with Gasteiger partial charge in [-0.25, -0.2) is 0 Å². The molecular weight excluding hydrogens is 246 g/mol. The molecule has 1 aromatic rings. The minimum absolute atomic E-state index is 0.135. The maximum absolute atomic E-state index is 5.59. The molecule has 1 N–H and O–H groups in total. The fourth-order valence-electron chi connectivity index (χ4n) is 2.13. The molecule has 1 atom stereocenters. The molecule has 1 unspecified atom stereocenters. The highest BCUT2D eigenvalue weighted by Crippen LogP contribution is 2.27. The molecule has 0 spiro atoms. The van der Waals surface area contributed by atoms with Gasteiger partial charge in [-0.1, -0.05) is 44.7 Å². The van der Waals surface area contributed by atoms with Gasteiger partial charge >= 0.3 is 0 Å². The summed E-state index contributed by atoms with van der Waals surface area (Å²) in [7, 11) is 0. The number of benzene rings is 1. The normalized spacial score (nSPS) is 12.1. The number of nitrogens with one attached hydrogen (secondary N) is 1. The molecule has 0 heterocycles. The number of hydrogen-bond donors (Lipinski definition) is 1. The Morgan fingerprint density at radius 2 is 1.80 bits per heavy atom. The van der Waals surface area contributed by atoms with Crippen LogP contribution in [0.5, 0.6) is 0 Å². The molecule has 20 heavy (non-hydrogen) atoms. The van der Waals surface area contributed by atoms with Crippen molar-refractivity contribution in [1.82, 2.24) is 0 Å². The third kappa shape index (κ3) is 5.12. The largest absolute Gasteiger partial charge is 0.498 e. The monoisotopic (exact) mass is 273 g/mol. The summed E-state index contributed by atoms with van der Waals surface area (Å²) < 4.78 is 5.59. The van der Waals surface area contributed by atoms with Gasteiger partial charge in [-0.15, -0.1) is 0 Å². The summed E-state index contributed by atoms with van der Waals surface area (Å²) in [5.41, 5.74) is 3.25. The highest BCUT2D eigenvalue weighted by Gasteiger charge is 2.19. The van der Waals surface area contributed by atoms with E-state index in [2.05, 4.69) is 63.5 Å². The van der Waals surface area contributed by atoms with Gasteiger partial charge in [0.2, 0.25) is 0 Å². The highest BCUT2D eigenvalue weighted by atomic mass is 16.5. The van der Waals surface area contributed by atoms with Gasteiger partial charge < -0.3 is 10.1 Å². The van der Waals surface area contributed by atoms with Crippen molar-refractivity contribution < 1.29 is 4.74 Å². The minimum Gasteiger partial charge on any atom is -0.498 e. The van der Waals surface area contributed by atoms with E-state index in [0.29, 0.717) is 12.5 Å². The molecule has 0 saturated carbocycles. The molecule has 1 aromatic carbocycles. The van der Waals surface area contributed by atoms with Crippen LogP contribution in [0, 0.1) is 18.8 Å². The molecule has 0 aliphatic heterocycles. The van der Waals surface area contributed by atoms with Crippen LogP contribution in [0.15, 0.2) is 48.9 Å². The number of anilines is 1. The molecular formula is C18H27NO. The Morgan fingerprint density at radius 3 is 2.30 bits per heavy atom. The summed E-state index contributed by atoms with van der Waals surface area (Å²) in [6.07, 6.45) is 0.983. The molecule has 0 aromatic heterocycles. The molecule has 0 saturated heterocycles. The molecule has 0 aliphatic rings. The van der Waals surface area contributed by atoms with Crippen LogP contribution in [0.25, 0.3) is 0 Å². The van der Waals surface area contributed by atoms with Crippen molar-refractivity contribution in [2.75, 3.05) is 11.9 Å². The van der Waals surface area contributed by atoms with Crippen LogP contribution in [-0.2, 0) is 4.74 Å². The smallest absolute Gasteiger partial charge is 0.0977 e. The Hall–Kier alpha value is -1.70. The summed E-state index contributed by atoms with van der Waals surface area (Å²) in [6, 6.07) is 8.31. The van der Waals surface area contributed by atoms with E-state index < -0.39 is 0 Å². The van der Waals surface area contributed by atoms with Gasteiger partial charge in [0.1, 0.15) is 0 Å². The van der Waals surface area contributed by atoms with Gasteiger partial charge in [0.25, 0.3) is 0 Å². The molecule has 2 nitrogen and oxygen atoms in total. The van der Waals surface area contributed by atoms with Gasteiger partial charge in [-0.05, 0) is 38.3 Å². The standard InChI is InChI=1S/C18H27NO/c1-7-20-16(6)18(12-13(2)3)15(5)19-17-10-8-14(4)9-11-17/h8-11,13,18-19H,5-7,12H2,1-4H3. The number of hydrogen-bond acceptors (Lipinski definition) is 2. The van der Waals surface area contributed by atoms with Crippen molar-refractivity contribution in [2.45, 2.75) is 34.1 Å². The van der Waals surface area contributed by atoms with E-state index in [4.69, 9.17) is 4.74 Å². The second-order valence-corrected chi connectivity index (χ2v) is 5.60. The number of ether oxygens (including phenoxy) is 1. The predicted molar refractivity (Wildman–Crippen MR) is 87.7 cm³/mol. The number of rotatable bonds is 8. The van der Waals surface area contributed by atoms with Crippen LogP contribution >= 0.6 is 0 Å². The molecule has 0 fully saturated rings. The van der Waals surface area contributed by atoms with Crippen molar-refractivity contribution >= 4 is 5.69 Å². The maximum atomic E-state index is 5.59. The lowest BCUT2D eigenvalue weighted by molar-refractivity contribution is 0.193. The lowest BCUT2D eigenvalue weighted by atomic mass is 9.93. The average Bonchev–Trinajstić information content (AvgIpc) is 2.38. The lowest BCUT2D eigenvalue weighted by Gasteiger charge is -2.24. The third-order valence-corrected chi connectivity index (χ3v) is 3.20. The van der Waals surface area contributed by atoms with E-state index in [9.17, 15) is 0 Å². The molecule has 0 aliphatic carbocycles. The summed E-state index contributed by atoms with van der Waals surface area (Å²) in [5.74, 6) is 1.50. The molecule has 2 heteroatoms. The summed E-state index contributed by atoms with van der Waals surface area (Å²) >= 11 is 0. The number of aryl methyl sites for hydroxylation is 1. The first-order chi connectivity index (χ1) is 9.43. The Labute approximate surface area is 123 Å². The predicted octanol–water partition coefficient (Wildman–Crippen LogP) is 5.13. The Balaban J connectivity index is 2.76. The molecule has 0 amide bonds. The minimum atomic E-state index is 0.135. The van der Waals surface area contributed by atoms with Crippen molar-refractivity contribution in [3.05, 3.63) is 54.4 Å². The summed E-state index contributed by atoms with van der Waals surface area (Å²) in [6.45, 7) is 17.3. The van der Waals surface area contributed by atoms with Gasteiger partial charge in [0.05, 0.1) is 18.3 Å². The Bertz CT molecular complexity index is 445. The van der Waals surface area contributed by atoms with Crippen LogP contribution < -0.4 is 5.32 Å². The second-order valence-electron chi connectivity index (χ2n) is 5.60. The molecule has 110 valence electrons. The summed E-state index contributed by atoms with van der Waals surface area (Å²) in [5, 5.41) is 3.38. The van der Waals surface area contributed by atoms with Crippen LogP contribution in [0.4, 0.5) is 5.69 Å². The first-order valence-corrected chi connectivity index (χ1v) is 7.28. The van der Waals surface area contributed by atoms with E-state index in [0.717, 1.165) is 23.6 Å². The van der Waals surface area contributed by atoms with Crippen LogP contribution in [0.3, 0.4) is 0 Å². The van der Waals surface area contributed by atoms with E-state index >= 15 is 0 Å². The zero-order chi connectivity index (χ0) is 15.1. The van der Waals surface area contributed by atoms with Crippen LogP contribution in [0.1, 0.15) is 32.8 Å². The Morgan fingerprint density at radius 1 is 1.20 bits per heavy atom. The van der Waals surface area contributed by atoms with E-state index in [1.165, 1.54) is 5.56 Å². The zero-order valence-electron chi connectivity index (χ0n) is 13.2. The third-order valence-electron chi connectivity index (χ3n) is 3.20. The van der Waals surface area contributed by atoms with Gasteiger partial charge in [-0.3, -0.25) is 0 Å². The van der Waals surface area contributed by atoms with Crippen molar-refractivity contribution in [2.24, 2.45) is 11.8 Å². The van der Waals surface area contributed by atoms with Gasteiger partial charge in [0, 0.05) is 11.4 Å². The first-order valence-electron chi connectivity index (χ1n) is 7.28.